The fraction of sp³-hybridized carbons (Fsp3) is 0.417. The van der Waals surface area contributed by atoms with Crippen LogP contribution in [-0.4, -0.2) is 28.5 Å². The highest BCUT2D eigenvalue weighted by Crippen LogP contribution is 2.36. The van der Waals surface area contributed by atoms with E-state index in [2.05, 4.69) is 16.3 Å². The van der Waals surface area contributed by atoms with E-state index < -0.39 is 5.97 Å². The lowest BCUT2D eigenvalue weighted by Crippen LogP contribution is -2.04. The molecule has 100 valence electrons. The predicted octanol–water partition coefficient (Wildman–Crippen LogP) is 2.76. The van der Waals surface area contributed by atoms with Crippen molar-refractivity contribution >= 4 is 29.1 Å². The highest BCUT2D eigenvalue weighted by atomic mass is 32.2. The molecule has 7 heteroatoms. The van der Waals surface area contributed by atoms with Gasteiger partial charge in [0, 0.05) is 10.6 Å². The monoisotopic (exact) mass is 296 g/mol. The topological polar surface area (TPSA) is 65.2 Å². The number of esters is 1. The molecule has 0 aliphatic carbocycles. The second-order valence-corrected chi connectivity index (χ2v) is 6.24. The molecule has 0 amide bonds. The summed E-state index contributed by atoms with van der Waals surface area (Å²) < 4.78 is 10.2. The summed E-state index contributed by atoms with van der Waals surface area (Å²) in [5.74, 6) is 1.93. The molecule has 19 heavy (non-hydrogen) atoms. The van der Waals surface area contributed by atoms with Crippen LogP contribution in [0.15, 0.2) is 10.5 Å². The fourth-order valence-corrected chi connectivity index (χ4v) is 4.14. The Balaban J connectivity index is 1.86. The van der Waals surface area contributed by atoms with Crippen molar-refractivity contribution in [2.45, 2.75) is 19.1 Å². The first-order valence-corrected chi connectivity index (χ1v) is 7.95. The SMILES string of the molecule is CCOC(=O)c1nnc(-c2cc3c(s2)CCSC3)o1. The summed E-state index contributed by atoms with van der Waals surface area (Å²) in [4.78, 5) is 13.8. The molecule has 0 aromatic carbocycles. The molecule has 0 saturated heterocycles. The molecule has 1 aliphatic heterocycles. The van der Waals surface area contributed by atoms with Crippen molar-refractivity contribution in [3.8, 4) is 10.8 Å². The molecule has 3 rings (SSSR count). The standard InChI is InChI=1S/C12H12N2O3S2/c1-2-16-12(15)11-14-13-10(17-11)9-5-7-6-18-4-3-8(7)19-9/h5H,2-4,6H2,1H3. The maximum atomic E-state index is 11.5. The first kappa shape index (κ1) is 12.7. The number of hydrogen-bond acceptors (Lipinski definition) is 7. The number of ether oxygens (including phenoxy) is 1. The molecule has 0 spiro atoms. The Morgan fingerprint density at radius 3 is 3.21 bits per heavy atom. The van der Waals surface area contributed by atoms with E-state index >= 15 is 0 Å². The zero-order valence-corrected chi connectivity index (χ0v) is 12.0. The molecule has 0 radical (unpaired) electrons. The summed E-state index contributed by atoms with van der Waals surface area (Å²) in [6, 6.07) is 2.08. The van der Waals surface area contributed by atoms with Gasteiger partial charge in [-0.1, -0.05) is 0 Å². The summed E-state index contributed by atoms with van der Waals surface area (Å²) >= 11 is 3.59. The van der Waals surface area contributed by atoms with E-state index in [4.69, 9.17) is 9.15 Å². The van der Waals surface area contributed by atoms with Gasteiger partial charge in [-0.3, -0.25) is 0 Å². The average molecular weight is 296 g/mol. The molecule has 0 N–H and O–H groups in total. The Hall–Kier alpha value is -1.34. The van der Waals surface area contributed by atoms with E-state index in [9.17, 15) is 4.79 Å². The molecule has 0 atom stereocenters. The highest BCUT2D eigenvalue weighted by Gasteiger charge is 2.20. The maximum Gasteiger partial charge on any atom is 0.396 e. The predicted molar refractivity (Wildman–Crippen MR) is 73.4 cm³/mol. The average Bonchev–Trinajstić information content (AvgIpc) is 3.05. The smallest absolute Gasteiger partial charge is 0.396 e. The van der Waals surface area contributed by atoms with Gasteiger partial charge in [-0.25, -0.2) is 4.79 Å². The Morgan fingerprint density at radius 1 is 1.53 bits per heavy atom. The van der Waals surface area contributed by atoms with Crippen LogP contribution in [0, 0.1) is 0 Å². The van der Waals surface area contributed by atoms with Crippen molar-refractivity contribution in [1.29, 1.82) is 0 Å². The number of thioether (sulfide) groups is 1. The number of aromatic nitrogens is 2. The Bertz CT molecular complexity index is 582. The third kappa shape index (κ3) is 2.52. The number of hydrogen-bond donors (Lipinski definition) is 0. The first-order valence-electron chi connectivity index (χ1n) is 5.98. The minimum Gasteiger partial charge on any atom is -0.459 e. The zero-order valence-electron chi connectivity index (χ0n) is 10.3. The lowest BCUT2D eigenvalue weighted by Gasteiger charge is -2.08. The van der Waals surface area contributed by atoms with E-state index in [1.807, 2.05) is 11.8 Å². The van der Waals surface area contributed by atoms with Crippen LogP contribution in [0.5, 0.6) is 0 Å². The van der Waals surface area contributed by atoms with Crippen LogP contribution < -0.4 is 0 Å². The summed E-state index contributed by atoms with van der Waals surface area (Å²) in [5, 5.41) is 7.65. The Labute approximate surface area is 118 Å². The van der Waals surface area contributed by atoms with Gasteiger partial charge in [0.1, 0.15) is 0 Å². The van der Waals surface area contributed by atoms with Gasteiger partial charge in [-0.15, -0.1) is 21.5 Å². The third-order valence-corrected chi connectivity index (χ3v) is 4.95. The van der Waals surface area contributed by atoms with Crippen LogP contribution >= 0.6 is 23.1 Å². The number of thiophene rings is 1. The molecule has 0 saturated carbocycles. The second kappa shape index (κ2) is 5.34. The zero-order chi connectivity index (χ0) is 13.2. The van der Waals surface area contributed by atoms with Crippen molar-refractivity contribution < 1.29 is 13.9 Å². The minimum absolute atomic E-state index is 0.0856. The maximum absolute atomic E-state index is 11.5. The van der Waals surface area contributed by atoms with E-state index in [1.54, 1.807) is 18.3 Å². The van der Waals surface area contributed by atoms with Crippen molar-refractivity contribution in [2.24, 2.45) is 0 Å². The van der Waals surface area contributed by atoms with E-state index in [-0.39, 0.29) is 5.89 Å². The summed E-state index contributed by atoms with van der Waals surface area (Å²) in [6.07, 6.45) is 1.09. The van der Waals surface area contributed by atoms with Crippen LogP contribution in [0.4, 0.5) is 0 Å². The van der Waals surface area contributed by atoms with Crippen LogP contribution in [0.3, 0.4) is 0 Å². The van der Waals surface area contributed by atoms with Gasteiger partial charge in [0.05, 0.1) is 11.5 Å². The number of carbonyl (C=O) groups excluding carboxylic acids is 1. The van der Waals surface area contributed by atoms with E-state index in [0.717, 1.165) is 22.8 Å². The Kier molecular flexibility index (Phi) is 3.56. The molecular formula is C12H12N2O3S2. The highest BCUT2D eigenvalue weighted by molar-refractivity contribution is 7.98. The molecule has 0 fully saturated rings. The quantitative estimate of drug-likeness (QED) is 0.811. The number of rotatable bonds is 3. The third-order valence-electron chi connectivity index (χ3n) is 2.71. The lowest BCUT2D eigenvalue weighted by molar-refractivity contribution is 0.0481. The van der Waals surface area contributed by atoms with Crippen molar-refractivity contribution in [2.75, 3.05) is 12.4 Å². The van der Waals surface area contributed by atoms with Crippen LogP contribution in [0.2, 0.25) is 0 Å². The van der Waals surface area contributed by atoms with E-state index in [1.165, 1.54) is 10.4 Å². The molecule has 3 heterocycles. The van der Waals surface area contributed by atoms with Crippen LogP contribution in [0.25, 0.3) is 10.8 Å². The summed E-state index contributed by atoms with van der Waals surface area (Å²) in [6.45, 7) is 2.03. The van der Waals surface area contributed by atoms with E-state index in [0.29, 0.717) is 12.5 Å². The first-order chi connectivity index (χ1) is 9.28. The largest absolute Gasteiger partial charge is 0.459 e. The van der Waals surface area contributed by atoms with Gasteiger partial charge in [0.2, 0.25) is 0 Å². The Morgan fingerprint density at radius 2 is 2.42 bits per heavy atom. The lowest BCUT2D eigenvalue weighted by atomic mass is 10.2. The van der Waals surface area contributed by atoms with Gasteiger partial charge in [0.25, 0.3) is 5.89 Å². The molecule has 2 aromatic heterocycles. The van der Waals surface area contributed by atoms with Gasteiger partial charge in [-0.05, 0) is 30.7 Å². The minimum atomic E-state index is -0.571. The van der Waals surface area contributed by atoms with Crippen LogP contribution in [-0.2, 0) is 16.9 Å². The van der Waals surface area contributed by atoms with Crippen molar-refractivity contribution in [1.82, 2.24) is 10.2 Å². The van der Waals surface area contributed by atoms with Gasteiger partial charge >= 0.3 is 11.9 Å². The number of carbonyl (C=O) groups is 1. The summed E-state index contributed by atoms with van der Waals surface area (Å²) in [5.41, 5.74) is 1.34. The number of nitrogens with zero attached hydrogens (tertiary/aromatic N) is 2. The van der Waals surface area contributed by atoms with Gasteiger partial charge < -0.3 is 9.15 Å². The summed E-state index contributed by atoms with van der Waals surface area (Å²) in [7, 11) is 0. The second-order valence-electron chi connectivity index (χ2n) is 3.99. The van der Waals surface area contributed by atoms with Crippen molar-refractivity contribution in [3.05, 3.63) is 22.4 Å². The van der Waals surface area contributed by atoms with Gasteiger partial charge in [-0.2, -0.15) is 11.8 Å². The number of aryl methyl sites for hydroxylation is 1. The molecule has 5 nitrogen and oxygen atoms in total. The van der Waals surface area contributed by atoms with Crippen LogP contribution in [0.1, 0.15) is 28.0 Å². The molecule has 0 unspecified atom stereocenters. The molecule has 0 bridgehead atoms. The number of fused-ring (bicyclic) bond motifs is 1. The van der Waals surface area contributed by atoms with Gasteiger partial charge in [0.15, 0.2) is 0 Å². The molecule has 1 aliphatic rings. The molecule has 2 aromatic rings. The van der Waals surface area contributed by atoms with Crippen molar-refractivity contribution in [3.63, 3.8) is 0 Å². The molecular weight excluding hydrogens is 284 g/mol. The normalized spacial score (nSPS) is 14.2. The fourth-order valence-electron chi connectivity index (χ4n) is 1.85.